The van der Waals surface area contributed by atoms with E-state index in [1.165, 1.54) is 12.1 Å². The summed E-state index contributed by atoms with van der Waals surface area (Å²) < 4.78 is 21.2. The molecule has 0 aliphatic carbocycles. The lowest BCUT2D eigenvalue weighted by molar-refractivity contribution is 0.0953. The molecule has 0 radical (unpaired) electrons. The molecule has 1 saturated heterocycles. The number of hydrogen-bond donors (Lipinski definition) is 0. The fourth-order valence-electron chi connectivity index (χ4n) is 3.12. The van der Waals surface area contributed by atoms with E-state index in [0.717, 1.165) is 46.6 Å². The van der Waals surface area contributed by atoms with Crippen LogP contribution < -0.4 is 0 Å². The monoisotopic (exact) mass is 403 g/mol. The average Bonchev–Trinajstić information content (AvgIpc) is 3.33. The van der Waals surface area contributed by atoms with Crippen molar-refractivity contribution in [3.8, 4) is 11.4 Å². The van der Waals surface area contributed by atoms with Gasteiger partial charge in [0.05, 0.1) is 12.6 Å². The second-order valence-electron chi connectivity index (χ2n) is 6.44. The van der Waals surface area contributed by atoms with Gasteiger partial charge in [0.25, 0.3) is 0 Å². The van der Waals surface area contributed by atoms with Gasteiger partial charge in [-0.3, -0.25) is 4.57 Å². The molecule has 140 valence electrons. The van der Waals surface area contributed by atoms with Crippen LogP contribution in [0.4, 0.5) is 4.39 Å². The van der Waals surface area contributed by atoms with E-state index in [-0.39, 0.29) is 11.9 Å². The van der Waals surface area contributed by atoms with Crippen molar-refractivity contribution in [2.75, 3.05) is 6.61 Å². The van der Waals surface area contributed by atoms with Crippen molar-refractivity contribution in [1.29, 1.82) is 0 Å². The van der Waals surface area contributed by atoms with Crippen molar-refractivity contribution in [3.63, 3.8) is 0 Å². The Morgan fingerprint density at radius 1 is 1.15 bits per heavy atom. The molecule has 0 spiro atoms. The van der Waals surface area contributed by atoms with Gasteiger partial charge in [0, 0.05) is 22.9 Å². The summed E-state index contributed by atoms with van der Waals surface area (Å²) in [6, 6.07) is 14.1. The summed E-state index contributed by atoms with van der Waals surface area (Å²) in [5.74, 6) is 1.16. The summed E-state index contributed by atoms with van der Waals surface area (Å²) in [7, 11) is 0. The molecule has 7 heteroatoms. The van der Waals surface area contributed by atoms with Crippen LogP contribution in [0.25, 0.3) is 11.4 Å². The smallest absolute Gasteiger partial charge is 0.191 e. The molecule has 27 heavy (non-hydrogen) atoms. The summed E-state index contributed by atoms with van der Waals surface area (Å²) in [5, 5.41) is 10.3. The zero-order valence-electron chi connectivity index (χ0n) is 14.6. The highest BCUT2D eigenvalue weighted by Crippen LogP contribution is 2.30. The van der Waals surface area contributed by atoms with E-state index in [2.05, 4.69) is 14.8 Å². The minimum absolute atomic E-state index is 0.153. The van der Waals surface area contributed by atoms with Crippen molar-refractivity contribution >= 4 is 23.4 Å². The lowest BCUT2D eigenvalue weighted by Crippen LogP contribution is -2.16. The molecule has 1 aromatic heterocycles. The maximum atomic E-state index is 13.3. The predicted molar refractivity (Wildman–Crippen MR) is 105 cm³/mol. The summed E-state index contributed by atoms with van der Waals surface area (Å²) in [6.45, 7) is 1.48. The number of halogens is 2. The maximum absolute atomic E-state index is 13.3. The minimum atomic E-state index is -0.266. The number of nitrogens with zero attached hydrogens (tertiary/aromatic N) is 3. The lowest BCUT2D eigenvalue weighted by atomic mass is 10.2. The van der Waals surface area contributed by atoms with Gasteiger partial charge in [-0.1, -0.05) is 41.6 Å². The highest BCUT2D eigenvalue weighted by atomic mass is 35.5. The van der Waals surface area contributed by atoms with Crippen molar-refractivity contribution in [1.82, 2.24) is 14.8 Å². The first-order valence-corrected chi connectivity index (χ1v) is 10.2. The molecular formula is C20H19ClFN3OS. The molecule has 0 saturated carbocycles. The van der Waals surface area contributed by atoms with Crippen molar-refractivity contribution in [2.45, 2.75) is 36.4 Å². The molecule has 1 aliphatic heterocycles. The second-order valence-corrected chi connectivity index (χ2v) is 7.79. The molecule has 0 N–H and O–H groups in total. The Balaban J connectivity index is 1.61. The van der Waals surface area contributed by atoms with Gasteiger partial charge in [-0.15, -0.1) is 10.2 Å². The fraction of sp³-hybridized carbons (Fsp3) is 0.300. The molecule has 4 rings (SSSR count). The Bertz CT molecular complexity index is 910. The molecule has 3 aromatic rings. The molecule has 1 atom stereocenters. The van der Waals surface area contributed by atoms with E-state index in [0.29, 0.717) is 12.3 Å². The largest absolute Gasteiger partial charge is 0.376 e. The zero-order chi connectivity index (χ0) is 18.6. The zero-order valence-corrected chi connectivity index (χ0v) is 16.2. The molecular weight excluding hydrogens is 385 g/mol. The van der Waals surface area contributed by atoms with Crippen molar-refractivity contribution in [2.24, 2.45) is 0 Å². The third-order valence-corrected chi connectivity index (χ3v) is 5.93. The normalized spacial score (nSPS) is 16.7. The van der Waals surface area contributed by atoms with Crippen LogP contribution in [0.1, 0.15) is 18.4 Å². The third kappa shape index (κ3) is 4.34. The first kappa shape index (κ1) is 18.5. The highest BCUT2D eigenvalue weighted by molar-refractivity contribution is 7.98. The van der Waals surface area contributed by atoms with Gasteiger partial charge >= 0.3 is 0 Å². The standard InChI is InChI=1S/C20H19ClFN3OS/c21-18-6-2-1-4-15(18)13-27-20-24-23-19(14-7-9-16(22)10-8-14)25(20)12-17-5-3-11-26-17/h1-2,4,6-10,17H,3,5,11-13H2. The van der Waals surface area contributed by atoms with E-state index >= 15 is 0 Å². The molecule has 2 heterocycles. The summed E-state index contributed by atoms with van der Waals surface area (Å²) in [4.78, 5) is 0. The number of rotatable bonds is 6. The lowest BCUT2D eigenvalue weighted by Gasteiger charge is -2.15. The third-order valence-electron chi connectivity index (χ3n) is 4.54. The van der Waals surface area contributed by atoms with Gasteiger partial charge in [0.1, 0.15) is 5.82 Å². The van der Waals surface area contributed by atoms with Crippen LogP contribution in [0.3, 0.4) is 0 Å². The molecule has 1 fully saturated rings. The van der Waals surface area contributed by atoms with Crippen LogP contribution in [0, 0.1) is 5.82 Å². The minimum Gasteiger partial charge on any atom is -0.376 e. The number of benzene rings is 2. The van der Waals surface area contributed by atoms with Gasteiger partial charge in [-0.2, -0.15) is 0 Å². The molecule has 2 aromatic carbocycles. The van der Waals surface area contributed by atoms with E-state index in [4.69, 9.17) is 16.3 Å². The molecule has 4 nitrogen and oxygen atoms in total. The van der Waals surface area contributed by atoms with Gasteiger partial charge in [0.2, 0.25) is 0 Å². The van der Waals surface area contributed by atoms with Crippen molar-refractivity contribution in [3.05, 3.63) is 64.9 Å². The summed E-state index contributed by atoms with van der Waals surface area (Å²) >= 11 is 7.86. The number of aromatic nitrogens is 3. The van der Waals surface area contributed by atoms with Crippen LogP contribution in [-0.4, -0.2) is 27.5 Å². The van der Waals surface area contributed by atoms with E-state index in [1.807, 2.05) is 24.3 Å². The Kier molecular flexibility index (Phi) is 5.76. The number of hydrogen-bond acceptors (Lipinski definition) is 4. The molecule has 1 unspecified atom stereocenters. The van der Waals surface area contributed by atoms with Crippen LogP contribution in [0.15, 0.2) is 53.7 Å². The quantitative estimate of drug-likeness (QED) is 0.530. The number of thioether (sulfide) groups is 1. The van der Waals surface area contributed by atoms with Gasteiger partial charge in [-0.25, -0.2) is 4.39 Å². The molecule has 0 amide bonds. The fourth-order valence-corrected chi connectivity index (χ4v) is 4.36. The van der Waals surface area contributed by atoms with Gasteiger partial charge in [-0.05, 0) is 48.7 Å². The topological polar surface area (TPSA) is 39.9 Å². The van der Waals surface area contributed by atoms with Gasteiger partial charge < -0.3 is 4.74 Å². The van der Waals surface area contributed by atoms with Gasteiger partial charge in [0.15, 0.2) is 11.0 Å². The van der Waals surface area contributed by atoms with Crippen LogP contribution in [0.2, 0.25) is 5.02 Å². The Morgan fingerprint density at radius 3 is 2.70 bits per heavy atom. The molecule has 0 bridgehead atoms. The Morgan fingerprint density at radius 2 is 1.96 bits per heavy atom. The van der Waals surface area contributed by atoms with E-state index in [9.17, 15) is 4.39 Å². The predicted octanol–water partition coefficient (Wildman–Crippen LogP) is 5.21. The SMILES string of the molecule is Fc1ccc(-c2nnc(SCc3ccccc3Cl)n2CC2CCCO2)cc1. The van der Waals surface area contributed by atoms with Crippen molar-refractivity contribution < 1.29 is 9.13 Å². The second kappa shape index (κ2) is 8.42. The van der Waals surface area contributed by atoms with Crippen LogP contribution in [-0.2, 0) is 17.0 Å². The summed E-state index contributed by atoms with van der Waals surface area (Å²) in [5.41, 5.74) is 1.89. The Hall–Kier alpha value is -1.89. The molecule has 1 aliphatic rings. The maximum Gasteiger partial charge on any atom is 0.191 e. The highest BCUT2D eigenvalue weighted by Gasteiger charge is 2.22. The first-order valence-electron chi connectivity index (χ1n) is 8.87. The van der Waals surface area contributed by atoms with E-state index < -0.39 is 0 Å². The average molecular weight is 404 g/mol. The summed E-state index contributed by atoms with van der Waals surface area (Å²) in [6.07, 6.45) is 2.25. The Labute approximate surface area is 166 Å². The van der Waals surface area contributed by atoms with E-state index in [1.54, 1.807) is 23.9 Å². The van der Waals surface area contributed by atoms with Crippen LogP contribution in [0.5, 0.6) is 0 Å². The number of ether oxygens (including phenoxy) is 1. The first-order chi connectivity index (χ1) is 13.2. The van der Waals surface area contributed by atoms with Crippen LogP contribution >= 0.6 is 23.4 Å².